The lowest BCUT2D eigenvalue weighted by atomic mass is 10.0. The van der Waals surface area contributed by atoms with Crippen LogP contribution in [0, 0.1) is 11.6 Å². The highest BCUT2D eigenvalue weighted by Crippen LogP contribution is 2.23. The number of hydrogen-bond donors (Lipinski definition) is 3. The van der Waals surface area contributed by atoms with Gasteiger partial charge >= 0.3 is 6.09 Å². The summed E-state index contributed by atoms with van der Waals surface area (Å²) in [5.74, 6) is -1.56. The zero-order valence-corrected chi connectivity index (χ0v) is 14.0. The molecule has 1 atom stereocenters. The number of amides is 1. The summed E-state index contributed by atoms with van der Waals surface area (Å²) in [6.07, 6.45) is 0.0542. The van der Waals surface area contributed by atoms with E-state index >= 15 is 0 Å². The molecule has 0 bridgehead atoms. The first-order chi connectivity index (χ1) is 11.8. The van der Waals surface area contributed by atoms with Gasteiger partial charge in [-0.25, -0.2) is 23.1 Å². The van der Waals surface area contributed by atoms with E-state index in [1.54, 1.807) is 0 Å². The highest BCUT2D eigenvalue weighted by Gasteiger charge is 2.23. The van der Waals surface area contributed by atoms with E-state index in [-0.39, 0.29) is 27.8 Å². The van der Waals surface area contributed by atoms with Crippen LogP contribution >= 0.6 is 15.9 Å². The van der Waals surface area contributed by atoms with Crippen LogP contribution in [0.4, 0.5) is 13.6 Å². The van der Waals surface area contributed by atoms with Crippen LogP contribution in [0.3, 0.4) is 0 Å². The number of hydrogen-bond acceptors (Lipinski definition) is 3. The molecule has 0 fully saturated rings. The molecule has 0 saturated carbocycles. The Labute approximate surface area is 147 Å². The maximum atomic E-state index is 13.4. The van der Waals surface area contributed by atoms with E-state index in [2.05, 4.69) is 31.3 Å². The Hall–Kier alpha value is -2.75. The van der Waals surface area contributed by atoms with Crippen molar-refractivity contribution in [1.29, 1.82) is 0 Å². The summed E-state index contributed by atoms with van der Waals surface area (Å²) < 4.78 is 28.0. The van der Waals surface area contributed by atoms with Crippen LogP contribution < -0.4 is 10.9 Å². The highest BCUT2D eigenvalue weighted by atomic mass is 79.9. The molecule has 3 rings (SSSR count). The maximum Gasteiger partial charge on any atom is 0.405 e. The Morgan fingerprint density at radius 2 is 2.04 bits per heavy atom. The Kier molecular flexibility index (Phi) is 4.53. The van der Waals surface area contributed by atoms with Crippen LogP contribution in [0.15, 0.2) is 39.7 Å². The van der Waals surface area contributed by atoms with Crippen LogP contribution in [-0.2, 0) is 6.42 Å². The molecule has 3 aromatic rings. The molecule has 0 spiro atoms. The number of rotatable bonds is 4. The Balaban J connectivity index is 2.08. The molecule has 130 valence electrons. The number of carboxylic acid groups (broad SMARTS) is 1. The number of benzene rings is 1. The number of fused-ring (bicyclic) bond motifs is 1. The van der Waals surface area contributed by atoms with Crippen LogP contribution in [0.5, 0.6) is 0 Å². The fourth-order valence-electron chi connectivity index (χ4n) is 2.52. The standard InChI is InChI=1S/C15H11BrF2N4O3/c16-12-13(21-11-1-2-19-22(11)14(12)23)10(20-15(24)25)5-7-3-8(17)6-9(18)4-7/h1-4,6,10,19-20H,5H2,(H,24,25). The number of nitrogens with one attached hydrogen (secondary N) is 2. The summed E-state index contributed by atoms with van der Waals surface area (Å²) in [6, 6.07) is 3.46. The lowest BCUT2D eigenvalue weighted by Gasteiger charge is -2.18. The molecule has 25 heavy (non-hydrogen) atoms. The number of carbonyl (C=O) groups is 1. The summed E-state index contributed by atoms with van der Waals surface area (Å²) in [6.45, 7) is 0. The Bertz CT molecular complexity index is 997. The predicted octanol–water partition coefficient (Wildman–Crippen LogP) is 2.61. The van der Waals surface area contributed by atoms with Crippen LogP contribution in [0.2, 0.25) is 0 Å². The van der Waals surface area contributed by atoms with Crippen molar-refractivity contribution in [3.05, 3.63) is 68.2 Å². The fourth-order valence-corrected chi connectivity index (χ4v) is 3.06. The molecule has 0 aliphatic heterocycles. The average Bonchev–Trinajstić information content (AvgIpc) is 2.97. The van der Waals surface area contributed by atoms with Crippen molar-refractivity contribution in [3.8, 4) is 0 Å². The molecule has 0 saturated heterocycles. The summed E-state index contributed by atoms with van der Waals surface area (Å²) in [5, 5.41) is 14.0. The van der Waals surface area contributed by atoms with Crippen LogP contribution in [0.25, 0.3) is 5.65 Å². The molecule has 1 aromatic carbocycles. The van der Waals surface area contributed by atoms with Gasteiger partial charge in [0, 0.05) is 18.3 Å². The zero-order chi connectivity index (χ0) is 18.1. The Morgan fingerprint density at radius 1 is 1.36 bits per heavy atom. The van der Waals surface area contributed by atoms with Gasteiger partial charge in [-0.15, -0.1) is 0 Å². The van der Waals surface area contributed by atoms with Crippen LogP contribution in [0.1, 0.15) is 17.3 Å². The third kappa shape index (κ3) is 3.53. The molecule has 1 unspecified atom stereocenters. The molecule has 10 heteroatoms. The van der Waals surface area contributed by atoms with E-state index in [0.29, 0.717) is 0 Å². The number of aromatic amines is 1. The lowest BCUT2D eigenvalue weighted by molar-refractivity contribution is 0.189. The molecule has 1 amide bonds. The van der Waals surface area contributed by atoms with E-state index in [4.69, 9.17) is 5.11 Å². The van der Waals surface area contributed by atoms with E-state index in [1.165, 1.54) is 16.8 Å². The summed E-state index contributed by atoms with van der Waals surface area (Å²) in [5.41, 5.74) is 0.161. The Morgan fingerprint density at radius 3 is 2.68 bits per heavy atom. The number of nitrogens with zero attached hydrogens (tertiary/aromatic N) is 2. The predicted molar refractivity (Wildman–Crippen MR) is 87.5 cm³/mol. The van der Waals surface area contributed by atoms with E-state index in [1.807, 2.05) is 0 Å². The maximum absolute atomic E-state index is 13.4. The minimum Gasteiger partial charge on any atom is -0.465 e. The molecule has 0 radical (unpaired) electrons. The SMILES string of the molecule is O=C(O)NC(Cc1cc(F)cc(F)c1)c1nc2cc[nH]n2c(=O)c1Br. The summed E-state index contributed by atoms with van der Waals surface area (Å²) in [7, 11) is 0. The normalized spacial score (nSPS) is 12.3. The van der Waals surface area contributed by atoms with Crippen molar-refractivity contribution in [1.82, 2.24) is 19.9 Å². The van der Waals surface area contributed by atoms with E-state index < -0.39 is 29.3 Å². The second-order valence-electron chi connectivity index (χ2n) is 5.26. The number of aromatic nitrogens is 3. The molecule has 3 N–H and O–H groups in total. The number of H-pyrrole nitrogens is 1. The second kappa shape index (κ2) is 6.63. The topological polar surface area (TPSA) is 99.5 Å². The highest BCUT2D eigenvalue weighted by molar-refractivity contribution is 9.10. The first-order valence-electron chi connectivity index (χ1n) is 7.05. The van der Waals surface area contributed by atoms with Crippen molar-refractivity contribution in [2.75, 3.05) is 0 Å². The second-order valence-corrected chi connectivity index (χ2v) is 6.05. The van der Waals surface area contributed by atoms with Crippen LogP contribution in [-0.4, -0.2) is 25.8 Å². The van der Waals surface area contributed by atoms with Gasteiger partial charge in [0.1, 0.15) is 16.1 Å². The van der Waals surface area contributed by atoms with Gasteiger partial charge in [0.2, 0.25) is 0 Å². The van der Waals surface area contributed by atoms with Crippen molar-refractivity contribution in [2.45, 2.75) is 12.5 Å². The molecule has 0 aliphatic rings. The quantitative estimate of drug-likeness (QED) is 0.613. The first-order valence-corrected chi connectivity index (χ1v) is 7.84. The fraction of sp³-hybridized carbons (Fsp3) is 0.133. The van der Waals surface area contributed by atoms with Crippen molar-refractivity contribution in [2.24, 2.45) is 0 Å². The van der Waals surface area contributed by atoms with Gasteiger partial charge in [0.05, 0.1) is 11.7 Å². The smallest absolute Gasteiger partial charge is 0.405 e. The van der Waals surface area contributed by atoms with Gasteiger partial charge < -0.3 is 10.4 Å². The van der Waals surface area contributed by atoms with Crippen molar-refractivity contribution in [3.63, 3.8) is 0 Å². The molecular formula is C15H11BrF2N4O3. The molecular weight excluding hydrogens is 402 g/mol. The average molecular weight is 413 g/mol. The minimum absolute atomic E-state index is 0.0445. The van der Waals surface area contributed by atoms with Gasteiger partial charge in [-0.05, 0) is 40.0 Å². The minimum atomic E-state index is -1.36. The van der Waals surface area contributed by atoms with Gasteiger partial charge in [0.15, 0.2) is 5.65 Å². The molecule has 0 aliphatic carbocycles. The largest absolute Gasteiger partial charge is 0.465 e. The zero-order valence-electron chi connectivity index (χ0n) is 12.5. The first kappa shape index (κ1) is 17.1. The van der Waals surface area contributed by atoms with Gasteiger partial charge in [0.25, 0.3) is 5.56 Å². The van der Waals surface area contributed by atoms with Crippen molar-refractivity contribution < 1.29 is 18.7 Å². The summed E-state index contributed by atoms with van der Waals surface area (Å²) >= 11 is 3.12. The van der Waals surface area contributed by atoms with Crippen molar-refractivity contribution >= 4 is 27.7 Å². The monoisotopic (exact) mass is 412 g/mol. The van der Waals surface area contributed by atoms with Gasteiger partial charge in [-0.3, -0.25) is 9.89 Å². The van der Waals surface area contributed by atoms with Gasteiger partial charge in [-0.1, -0.05) is 0 Å². The molecule has 7 nitrogen and oxygen atoms in total. The molecule has 2 aromatic heterocycles. The van der Waals surface area contributed by atoms with E-state index in [9.17, 15) is 18.4 Å². The number of halogens is 3. The van der Waals surface area contributed by atoms with Gasteiger partial charge in [-0.2, -0.15) is 0 Å². The van der Waals surface area contributed by atoms with E-state index in [0.717, 1.165) is 18.2 Å². The summed E-state index contributed by atoms with van der Waals surface area (Å²) in [4.78, 5) is 27.7. The third-order valence-corrected chi connectivity index (χ3v) is 4.25. The lowest BCUT2D eigenvalue weighted by Crippen LogP contribution is -2.31. The molecule has 2 heterocycles. The third-order valence-electron chi connectivity index (χ3n) is 3.51.